The summed E-state index contributed by atoms with van der Waals surface area (Å²) < 4.78 is 10.8. The van der Waals surface area contributed by atoms with Crippen LogP contribution in [-0.4, -0.2) is 37.2 Å². The highest BCUT2D eigenvalue weighted by atomic mass is 17.2. The molecule has 0 bridgehead atoms. The smallest absolute Gasteiger partial charge is 0.337 e. The third-order valence-electron chi connectivity index (χ3n) is 4.61. The molecule has 0 aliphatic heterocycles. The first-order valence-electron chi connectivity index (χ1n) is 9.77. The summed E-state index contributed by atoms with van der Waals surface area (Å²) in [5, 5.41) is 9.31. The predicted octanol–water partition coefficient (Wildman–Crippen LogP) is 4.10. The van der Waals surface area contributed by atoms with Crippen molar-refractivity contribution in [2.24, 2.45) is 0 Å². The van der Waals surface area contributed by atoms with Crippen molar-refractivity contribution >= 4 is 22.7 Å². The number of esters is 1. The number of unbranched alkanes of at least 4 members (excludes halogenated alkanes) is 1. The number of benzene rings is 2. The normalized spacial score (nSPS) is 10.9. The first-order chi connectivity index (χ1) is 14.6. The van der Waals surface area contributed by atoms with Crippen molar-refractivity contribution in [1.82, 2.24) is 0 Å². The highest BCUT2D eigenvalue weighted by Gasteiger charge is 2.23. The molecule has 0 atom stereocenters. The Bertz CT molecular complexity index is 1020. The SMILES string of the molecule is CCCCc1oc2ccc(C(=O)OC)cc2c1C(=O)c1ccc(OOCCO)cc1. The molecule has 1 heterocycles. The van der Waals surface area contributed by atoms with Gasteiger partial charge in [-0.25, -0.2) is 4.79 Å². The average molecular weight is 412 g/mol. The molecule has 2 aromatic carbocycles. The van der Waals surface area contributed by atoms with Crippen molar-refractivity contribution in [3.63, 3.8) is 0 Å². The van der Waals surface area contributed by atoms with Crippen molar-refractivity contribution in [3.05, 3.63) is 64.9 Å². The summed E-state index contributed by atoms with van der Waals surface area (Å²) in [5.41, 5.74) is 1.81. The topological polar surface area (TPSA) is 95.2 Å². The highest BCUT2D eigenvalue weighted by molar-refractivity contribution is 6.17. The van der Waals surface area contributed by atoms with E-state index in [-0.39, 0.29) is 19.0 Å². The minimum atomic E-state index is -0.476. The average Bonchev–Trinajstić information content (AvgIpc) is 3.14. The molecule has 0 saturated heterocycles. The van der Waals surface area contributed by atoms with Gasteiger partial charge in [-0.3, -0.25) is 4.79 Å². The van der Waals surface area contributed by atoms with Gasteiger partial charge < -0.3 is 19.1 Å². The maximum Gasteiger partial charge on any atom is 0.337 e. The lowest BCUT2D eigenvalue weighted by molar-refractivity contribution is -0.212. The van der Waals surface area contributed by atoms with Crippen LogP contribution in [0.2, 0.25) is 0 Å². The number of carbonyl (C=O) groups excluding carboxylic acids is 2. The van der Waals surface area contributed by atoms with Gasteiger partial charge in [-0.05, 0) is 48.9 Å². The van der Waals surface area contributed by atoms with E-state index < -0.39 is 5.97 Å². The van der Waals surface area contributed by atoms with Crippen molar-refractivity contribution in [1.29, 1.82) is 0 Å². The first-order valence-corrected chi connectivity index (χ1v) is 9.77. The van der Waals surface area contributed by atoms with Gasteiger partial charge in [-0.2, -0.15) is 4.89 Å². The lowest BCUT2D eigenvalue weighted by Gasteiger charge is -2.06. The van der Waals surface area contributed by atoms with Crippen LogP contribution < -0.4 is 4.89 Å². The van der Waals surface area contributed by atoms with Crippen LogP contribution in [0.3, 0.4) is 0 Å². The number of hydrogen-bond donors (Lipinski definition) is 1. The molecule has 0 saturated carbocycles. The molecule has 1 N–H and O–H groups in total. The minimum absolute atomic E-state index is 0.0466. The van der Waals surface area contributed by atoms with Crippen LogP contribution in [0.1, 0.15) is 51.8 Å². The number of ketones is 1. The molecule has 0 radical (unpaired) electrons. The monoisotopic (exact) mass is 412 g/mol. The Morgan fingerprint density at radius 1 is 1.07 bits per heavy atom. The van der Waals surface area contributed by atoms with Crippen LogP contribution in [0, 0.1) is 0 Å². The van der Waals surface area contributed by atoms with E-state index in [1.165, 1.54) is 7.11 Å². The number of hydrogen-bond acceptors (Lipinski definition) is 7. The number of rotatable bonds is 10. The van der Waals surface area contributed by atoms with Crippen LogP contribution in [0.15, 0.2) is 46.9 Å². The second-order valence-electron chi connectivity index (χ2n) is 6.69. The quantitative estimate of drug-likeness (QED) is 0.176. The van der Waals surface area contributed by atoms with Crippen LogP contribution in [-0.2, 0) is 16.0 Å². The van der Waals surface area contributed by atoms with Gasteiger partial charge in [-0.15, -0.1) is 0 Å². The highest BCUT2D eigenvalue weighted by Crippen LogP contribution is 2.31. The van der Waals surface area contributed by atoms with Gasteiger partial charge in [-0.1, -0.05) is 13.3 Å². The van der Waals surface area contributed by atoms with E-state index in [1.54, 1.807) is 42.5 Å². The number of furan rings is 1. The minimum Gasteiger partial charge on any atom is -0.465 e. The lowest BCUT2D eigenvalue weighted by Crippen LogP contribution is -2.06. The van der Waals surface area contributed by atoms with E-state index in [9.17, 15) is 9.59 Å². The van der Waals surface area contributed by atoms with Crippen molar-refractivity contribution in [2.75, 3.05) is 20.3 Å². The van der Waals surface area contributed by atoms with Gasteiger partial charge in [0.05, 0.1) is 24.8 Å². The largest absolute Gasteiger partial charge is 0.465 e. The standard InChI is InChI=1S/C23H24O7/c1-3-4-5-20-21(18-14-16(23(26)27-2)8-11-19(18)29-20)22(25)15-6-9-17(10-7-15)30-28-13-12-24/h6-11,14,24H,3-5,12-13H2,1-2H3. The van der Waals surface area contributed by atoms with Gasteiger partial charge in [0.15, 0.2) is 11.5 Å². The van der Waals surface area contributed by atoms with Gasteiger partial charge in [0.1, 0.15) is 18.0 Å². The number of methoxy groups -OCH3 is 1. The Morgan fingerprint density at radius 3 is 2.47 bits per heavy atom. The second-order valence-corrected chi connectivity index (χ2v) is 6.69. The number of aryl methyl sites for hydroxylation is 1. The van der Waals surface area contributed by atoms with Gasteiger partial charge >= 0.3 is 5.97 Å². The van der Waals surface area contributed by atoms with Crippen molar-refractivity contribution in [3.8, 4) is 5.75 Å². The van der Waals surface area contributed by atoms with Crippen LogP contribution >= 0.6 is 0 Å². The summed E-state index contributed by atoms with van der Waals surface area (Å²) in [5.74, 6) is 0.336. The summed E-state index contributed by atoms with van der Waals surface area (Å²) in [4.78, 5) is 35.1. The molecule has 3 aromatic rings. The zero-order chi connectivity index (χ0) is 21.5. The summed E-state index contributed by atoms with van der Waals surface area (Å²) in [6, 6.07) is 11.4. The third kappa shape index (κ3) is 4.69. The molecule has 0 aliphatic carbocycles. The fourth-order valence-corrected chi connectivity index (χ4v) is 3.11. The van der Waals surface area contributed by atoms with Crippen LogP contribution in [0.5, 0.6) is 5.75 Å². The molecule has 0 unspecified atom stereocenters. The Kier molecular flexibility index (Phi) is 7.21. The zero-order valence-electron chi connectivity index (χ0n) is 17.0. The molecule has 0 fully saturated rings. The molecular formula is C23H24O7. The zero-order valence-corrected chi connectivity index (χ0v) is 17.0. The van der Waals surface area contributed by atoms with E-state index in [0.717, 1.165) is 12.8 Å². The molecular weight excluding hydrogens is 388 g/mol. The third-order valence-corrected chi connectivity index (χ3v) is 4.61. The molecule has 3 rings (SSSR count). The molecule has 7 nitrogen and oxygen atoms in total. The van der Waals surface area contributed by atoms with Crippen molar-refractivity contribution in [2.45, 2.75) is 26.2 Å². The van der Waals surface area contributed by atoms with E-state index in [0.29, 0.717) is 45.6 Å². The number of ether oxygens (including phenoxy) is 1. The van der Waals surface area contributed by atoms with Gasteiger partial charge in [0.25, 0.3) is 0 Å². The van der Waals surface area contributed by atoms with Gasteiger partial charge in [0, 0.05) is 17.4 Å². The fourth-order valence-electron chi connectivity index (χ4n) is 3.11. The Hall–Kier alpha value is -3.16. The van der Waals surface area contributed by atoms with Gasteiger partial charge in [0.2, 0.25) is 0 Å². The van der Waals surface area contributed by atoms with E-state index in [4.69, 9.17) is 24.0 Å². The Balaban J connectivity index is 1.98. The second kappa shape index (κ2) is 10.0. The molecule has 0 aliphatic rings. The maximum atomic E-state index is 13.3. The Morgan fingerprint density at radius 2 is 1.80 bits per heavy atom. The lowest BCUT2D eigenvalue weighted by atomic mass is 9.97. The molecule has 0 amide bonds. The van der Waals surface area contributed by atoms with Crippen LogP contribution in [0.25, 0.3) is 11.0 Å². The van der Waals surface area contributed by atoms with E-state index in [1.807, 2.05) is 0 Å². The summed E-state index contributed by atoms with van der Waals surface area (Å²) in [7, 11) is 1.31. The van der Waals surface area contributed by atoms with Crippen LogP contribution in [0.4, 0.5) is 0 Å². The first kappa shape index (κ1) is 21.5. The number of aliphatic hydroxyl groups is 1. The molecule has 0 spiro atoms. The molecule has 1 aromatic heterocycles. The fraction of sp³-hybridized carbons (Fsp3) is 0.304. The summed E-state index contributed by atoms with van der Waals surface area (Å²) in [6.45, 7) is 1.96. The summed E-state index contributed by atoms with van der Waals surface area (Å²) in [6.07, 6.45) is 2.45. The molecule has 30 heavy (non-hydrogen) atoms. The number of carbonyl (C=O) groups is 2. The van der Waals surface area contributed by atoms with E-state index in [2.05, 4.69) is 6.92 Å². The molecule has 7 heteroatoms. The summed E-state index contributed by atoms with van der Waals surface area (Å²) >= 11 is 0. The number of aliphatic hydroxyl groups excluding tert-OH is 1. The van der Waals surface area contributed by atoms with Crippen molar-refractivity contribution < 1.29 is 33.6 Å². The maximum absolute atomic E-state index is 13.3. The Labute approximate surface area is 174 Å². The molecule has 158 valence electrons. The predicted molar refractivity (Wildman–Crippen MR) is 110 cm³/mol. The van der Waals surface area contributed by atoms with E-state index >= 15 is 0 Å². The number of fused-ring (bicyclic) bond motifs is 1.